The van der Waals surface area contributed by atoms with Crippen molar-refractivity contribution in [2.24, 2.45) is 10.7 Å². The number of fused-ring (bicyclic) bond motifs is 1. The van der Waals surface area contributed by atoms with Crippen LogP contribution in [0.3, 0.4) is 0 Å². The maximum Gasteiger partial charge on any atom is 0.208 e. The van der Waals surface area contributed by atoms with Crippen molar-refractivity contribution in [3.05, 3.63) is 59.3 Å². The maximum atomic E-state index is 15.3. The highest BCUT2D eigenvalue weighted by molar-refractivity contribution is 7.94. The lowest BCUT2D eigenvalue weighted by Gasteiger charge is -2.51. The fraction of sp³-hybridized carbons (Fsp3) is 0.435. The van der Waals surface area contributed by atoms with Crippen LogP contribution in [0.5, 0.6) is 11.6 Å². The number of aliphatic imine (C=N–C) groups is 1. The molecule has 33 heavy (non-hydrogen) atoms. The normalized spacial score (nSPS) is 27.0. The number of hydrogen-bond acceptors (Lipinski definition) is 7. The third-order valence-electron chi connectivity index (χ3n) is 6.39. The second-order valence-electron chi connectivity index (χ2n) is 9.43. The minimum Gasteiger partial charge on any atom is -0.440 e. The Kier molecular flexibility index (Phi) is 5.26. The summed E-state index contributed by atoms with van der Waals surface area (Å²) in [5.41, 5.74) is 4.20. The number of pyridine rings is 1. The smallest absolute Gasteiger partial charge is 0.208 e. The van der Waals surface area contributed by atoms with Gasteiger partial charge in [0.1, 0.15) is 27.7 Å². The fourth-order valence-electron chi connectivity index (χ4n) is 4.25. The van der Waals surface area contributed by atoms with Crippen LogP contribution in [0, 0.1) is 12.4 Å². The van der Waals surface area contributed by atoms with Gasteiger partial charge in [-0.05, 0) is 58.4 Å². The number of rotatable bonds is 3. The van der Waals surface area contributed by atoms with E-state index in [2.05, 4.69) is 14.8 Å². The topological polar surface area (TPSA) is 108 Å². The first kappa shape index (κ1) is 23.1. The molecule has 10 heteroatoms. The lowest BCUT2D eigenvalue weighted by molar-refractivity contribution is -0.0856. The predicted molar refractivity (Wildman–Crippen MR) is 122 cm³/mol. The highest BCUT2D eigenvalue weighted by Gasteiger charge is 2.62. The van der Waals surface area contributed by atoms with Gasteiger partial charge in [-0.3, -0.25) is 4.99 Å². The Bertz CT molecular complexity index is 1300. The van der Waals surface area contributed by atoms with Crippen molar-refractivity contribution in [2.75, 3.05) is 6.61 Å². The Morgan fingerprint density at radius 1 is 1.24 bits per heavy atom. The first-order chi connectivity index (χ1) is 15.3. The van der Waals surface area contributed by atoms with Crippen LogP contribution >= 0.6 is 0 Å². The van der Waals surface area contributed by atoms with Gasteiger partial charge in [0.15, 0.2) is 15.5 Å². The minimum atomic E-state index is -3.88. The lowest BCUT2D eigenvalue weighted by Crippen LogP contribution is -2.66. The molecule has 0 saturated carbocycles. The summed E-state index contributed by atoms with van der Waals surface area (Å²) in [6, 6.07) is 6.98. The number of amidine groups is 1. The Morgan fingerprint density at radius 3 is 2.67 bits per heavy atom. The van der Waals surface area contributed by atoms with Gasteiger partial charge < -0.3 is 15.2 Å². The fourth-order valence-corrected chi connectivity index (χ4v) is 6.68. The molecule has 174 valence electrons. The third-order valence-corrected chi connectivity index (χ3v) is 9.33. The number of hydrogen-bond donors (Lipinski definition) is 1. The quantitative estimate of drug-likeness (QED) is 0.679. The molecule has 0 amide bonds. The van der Waals surface area contributed by atoms with Crippen LogP contribution < -0.4 is 10.5 Å². The van der Waals surface area contributed by atoms with Crippen LogP contribution in [0.4, 0.5) is 10.1 Å². The second kappa shape index (κ2) is 7.50. The number of nitrogens with zero attached hydrogens (tertiary/aromatic N) is 3. The Hall–Kier alpha value is -3.03. The Morgan fingerprint density at radius 2 is 1.97 bits per heavy atom. The minimum absolute atomic E-state index is 0.0175. The molecule has 2 N–H and O–H groups in total. The molecule has 1 fully saturated rings. The molecule has 1 aromatic carbocycles. The van der Waals surface area contributed by atoms with Gasteiger partial charge >= 0.3 is 0 Å². The van der Waals surface area contributed by atoms with Crippen LogP contribution in [-0.2, 0) is 20.1 Å². The molecule has 1 aromatic heterocycles. The van der Waals surface area contributed by atoms with Crippen molar-refractivity contribution in [2.45, 2.75) is 55.3 Å². The summed E-state index contributed by atoms with van der Waals surface area (Å²) >= 11 is 0. The molecule has 2 aliphatic rings. The van der Waals surface area contributed by atoms with Crippen molar-refractivity contribution in [1.82, 2.24) is 4.98 Å². The van der Waals surface area contributed by atoms with E-state index in [1.165, 1.54) is 50.4 Å². The Labute approximate surface area is 192 Å². The summed E-state index contributed by atoms with van der Waals surface area (Å²) in [4.78, 5) is 12.0. The zero-order valence-corrected chi connectivity index (χ0v) is 19.6. The van der Waals surface area contributed by atoms with Crippen molar-refractivity contribution in [3.8, 4) is 11.6 Å². The molecule has 2 aliphatic heterocycles. The van der Waals surface area contributed by atoms with E-state index < -0.39 is 36.8 Å². The first-order valence-electron chi connectivity index (χ1n) is 10.4. The standard InChI is InChI=1S/C23H25FN4O4S/c1-21(2)12-18-23(13-31-21,28-20(25)22(3,4)33(18,29)30)16-11-15(6-7-17(16)24)32-19-10-14(26-5)8-9-27-19/h6-11,18H,12-13H2,1-4H3,(H2,25,28)/t18-,23-/m1/s1. The van der Waals surface area contributed by atoms with Gasteiger partial charge in [0.25, 0.3) is 0 Å². The largest absolute Gasteiger partial charge is 0.440 e. The molecule has 0 bridgehead atoms. The van der Waals surface area contributed by atoms with Crippen LogP contribution in [0.1, 0.15) is 39.7 Å². The summed E-state index contributed by atoms with van der Waals surface area (Å²) < 4.78 is 53.0. The first-order valence-corrected chi connectivity index (χ1v) is 11.9. The predicted octanol–water partition coefficient (Wildman–Crippen LogP) is 3.89. The summed E-state index contributed by atoms with van der Waals surface area (Å²) in [6.07, 6.45) is 1.55. The second-order valence-corrected chi connectivity index (χ2v) is 12.1. The lowest BCUT2D eigenvalue weighted by atomic mass is 9.79. The molecular weight excluding hydrogens is 447 g/mol. The molecule has 1 saturated heterocycles. The molecule has 2 aromatic rings. The molecule has 0 aliphatic carbocycles. The van der Waals surface area contributed by atoms with Gasteiger partial charge in [-0.15, -0.1) is 0 Å². The van der Waals surface area contributed by atoms with Gasteiger partial charge in [-0.2, -0.15) is 0 Å². The SMILES string of the molecule is [C-]#[N+]c1ccnc(Oc2ccc(F)c([C@]34COC(C)(C)C[C@H]3S(=O)(=O)C(C)(C)C(N)=N4)c2)c1. The number of benzene rings is 1. The summed E-state index contributed by atoms with van der Waals surface area (Å²) in [5, 5.41) is -1.05. The van der Waals surface area contributed by atoms with Crippen LogP contribution in [0.2, 0.25) is 0 Å². The van der Waals surface area contributed by atoms with E-state index in [0.717, 1.165) is 0 Å². The molecule has 0 unspecified atom stereocenters. The third kappa shape index (κ3) is 3.65. The van der Waals surface area contributed by atoms with Gasteiger partial charge in [0, 0.05) is 17.8 Å². The highest BCUT2D eigenvalue weighted by Crippen LogP contribution is 2.50. The van der Waals surface area contributed by atoms with E-state index in [-0.39, 0.29) is 36.1 Å². The van der Waals surface area contributed by atoms with E-state index in [9.17, 15) is 8.42 Å². The monoisotopic (exact) mass is 472 g/mol. The molecular formula is C23H25FN4O4S. The van der Waals surface area contributed by atoms with E-state index in [0.29, 0.717) is 5.69 Å². The van der Waals surface area contributed by atoms with E-state index in [1.54, 1.807) is 13.8 Å². The average Bonchev–Trinajstić information content (AvgIpc) is 2.75. The van der Waals surface area contributed by atoms with E-state index >= 15 is 4.39 Å². The summed E-state index contributed by atoms with van der Waals surface area (Å²) in [5.74, 6) is -0.379. The Balaban J connectivity index is 1.88. The number of halogens is 1. The zero-order valence-electron chi connectivity index (χ0n) is 18.8. The van der Waals surface area contributed by atoms with Crippen molar-refractivity contribution in [1.29, 1.82) is 0 Å². The van der Waals surface area contributed by atoms with Gasteiger partial charge in [-0.25, -0.2) is 22.6 Å². The number of aromatic nitrogens is 1. The molecule has 0 spiro atoms. The number of sulfone groups is 1. The molecule has 3 heterocycles. The average molecular weight is 473 g/mol. The van der Waals surface area contributed by atoms with Crippen molar-refractivity contribution in [3.63, 3.8) is 0 Å². The highest BCUT2D eigenvalue weighted by atomic mass is 32.2. The van der Waals surface area contributed by atoms with Crippen molar-refractivity contribution >= 4 is 21.4 Å². The van der Waals surface area contributed by atoms with E-state index in [4.69, 9.17) is 21.8 Å². The number of nitrogens with two attached hydrogens (primary N) is 1. The zero-order chi connectivity index (χ0) is 24.2. The van der Waals surface area contributed by atoms with Crippen molar-refractivity contribution < 1.29 is 22.3 Å². The molecule has 0 radical (unpaired) electrons. The maximum absolute atomic E-state index is 15.3. The van der Waals surface area contributed by atoms with E-state index in [1.807, 2.05) is 0 Å². The van der Waals surface area contributed by atoms with Crippen LogP contribution in [0.25, 0.3) is 4.85 Å². The van der Waals surface area contributed by atoms with Gasteiger partial charge in [0.2, 0.25) is 5.88 Å². The van der Waals surface area contributed by atoms with Crippen LogP contribution in [-0.4, -0.2) is 41.4 Å². The van der Waals surface area contributed by atoms with Gasteiger partial charge in [-0.1, -0.05) is 0 Å². The molecule has 4 rings (SSSR count). The van der Waals surface area contributed by atoms with Gasteiger partial charge in [0.05, 0.1) is 24.0 Å². The van der Waals surface area contributed by atoms with Crippen LogP contribution in [0.15, 0.2) is 41.5 Å². The molecule has 2 atom stereocenters. The summed E-state index contributed by atoms with van der Waals surface area (Å²) in [7, 11) is -3.88. The summed E-state index contributed by atoms with van der Waals surface area (Å²) in [6.45, 7) is 13.6. The molecule has 8 nitrogen and oxygen atoms in total. The number of ether oxygens (including phenoxy) is 2.